The summed E-state index contributed by atoms with van der Waals surface area (Å²) >= 11 is 0. The molecule has 2 aromatic rings. The molecule has 0 amide bonds. The molecular weight excluding hydrogens is 354 g/mol. The normalized spacial score (nSPS) is 11.4. The number of sulfone groups is 1. The van der Waals surface area contributed by atoms with E-state index in [0.29, 0.717) is 5.56 Å². The number of rotatable bonds is 7. The molecule has 140 valence electrons. The topological polar surface area (TPSA) is 82.4 Å². The lowest BCUT2D eigenvalue weighted by atomic mass is 10.1. The Labute approximate surface area is 153 Å². The van der Waals surface area contributed by atoms with E-state index in [0.717, 1.165) is 30.6 Å². The Hall–Kier alpha value is -2.41. The van der Waals surface area contributed by atoms with E-state index < -0.39 is 22.4 Å². The van der Waals surface area contributed by atoms with E-state index in [-0.39, 0.29) is 16.2 Å². The minimum atomic E-state index is -3.57. The molecule has 0 aliphatic carbocycles. The minimum absolute atomic E-state index is 0.0701. The molecule has 0 saturated carbocycles. The van der Waals surface area contributed by atoms with Gasteiger partial charge >= 0.3 is 5.97 Å². The average molecular weight is 377 g/mol. The van der Waals surface area contributed by atoms with Crippen molar-refractivity contribution < 1.29 is 22.7 Å². The second-order valence-corrected chi connectivity index (χ2v) is 8.19. The highest BCUT2D eigenvalue weighted by Gasteiger charge is 2.21. The second kappa shape index (κ2) is 7.86. The van der Waals surface area contributed by atoms with Gasteiger partial charge in [-0.25, -0.2) is 13.2 Å². The molecule has 26 heavy (non-hydrogen) atoms. The third-order valence-electron chi connectivity index (χ3n) is 4.16. The van der Waals surface area contributed by atoms with Gasteiger partial charge in [0.2, 0.25) is 5.78 Å². The molecule has 0 fully saturated rings. The van der Waals surface area contributed by atoms with E-state index in [1.54, 1.807) is 12.1 Å². The van der Waals surface area contributed by atoms with Crippen LogP contribution in [0.5, 0.6) is 0 Å². The van der Waals surface area contributed by atoms with Crippen molar-refractivity contribution >= 4 is 21.6 Å². The molecule has 1 aromatic carbocycles. The first-order chi connectivity index (χ1) is 12.2. The number of ether oxygens (including phenoxy) is 1. The summed E-state index contributed by atoms with van der Waals surface area (Å²) in [6.07, 6.45) is 1.97. The smallest absolute Gasteiger partial charge is 0.339 e. The highest BCUT2D eigenvalue weighted by molar-refractivity contribution is 7.90. The number of Topliss-reactive ketones (excluding diaryl/α,β-unsaturated/α-hetero) is 1. The lowest BCUT2D eigenvalue weighted by Crippen LogP contribution is -2.17. The molecule has 2 rings (SSSR count). The van der Waals surface area contributed by atoms with E-state index in [1.165, 1.54) is 18.2 Å². The molecule has 6 nitrogen and oxygen atoms in total. The molecule has 0 saturated heterocycles. The summed E-state index contributed by atoms with van der Waals surface area (Å²) in [4.78, 5) is 24.6. The summed E-state index contributed by atoms with van der Waals surface area (Å²) in [6.45, 7) is 6.21. The van der Waals surface area contributed by atoms with Gasteiger partial charge in [-0.15, -0.1) is 0 Å². The standard InChI is InChI=1S/C19H23NO5S/c1-5-10-20-13(2)11-16(14(20)3)17(21)12-25-19(22)15-8-6-7-9-18(15)26(4,23)24/h6-9,11H,5,10,12H2,1-4H3. The van der Waals surface area contributed by atoms with Gasteiger partial charge < -0.3 is 9.30 Å². The fourth-order valence-corrected chi connectivity index (χ4v) is 3.77. The number of aryl methyl sites for hydroxylation is 1. The number of carbonyl (C=O) groups is 2. The van der Waals surface area contributed by atoms with Crippen LogP contribution in [0.3, 0.4) is 0 Å². The number of esters is 1. The Morgan fingerprint density at radius 3 is 2.38 bits per heavy atom. The lowest BCUT2D eigenvalue weighted by Gasteiger charge is -2.09. The van der Waals surface area contributed by atoms with E-state index in [2.05, 4.69) is 6.92 Å². The Balaban J connectivity index is 2.16. The lowest BCUT2D eigenvalue weighted by molar-refractivity contribution is 0.0470. The summed E-state index contributed by atoms with van der Waals surface area (Å²) in [5, 5.41) is 0. The van der Waals surface area contributed by atoms with Gasteiger partial charge in [0.15, 0.2) is 16.4 Å². The number of ketones is 1. The highest BCUT2D eigenvalue weighted by Crippen LogP contribution is 2.18. The van der Waals surface area contributed by atoms with Crippen LogP contribution >= 0.6 is 0 Å². The Bertz CT molecular complexity index is 941. The zero-order valence-electron chi connectivity index (χ0n) is 15.4. The summed E-state index contributed by atoms with van der Waals surface area (Å²) in [5.41, 5.74) is 2.25. The molecule has 0 atom stereocenters. The quantitative estimate of drug-likeness (QED) is 0.547. The van der Waals surface area contributed by atoms with E-state index in [4.69, 9.17) is 4.74 Å². The molecule has 0 aliphatic rings. The van der Waals surface area contributed by atoms with Crippen LogP contribution in [0.4, 0.5) is 0 Å². The van der Waals surface area contributed by atoms with E-state index in [1.807, 2.05) is 18.4 Å². The van der Waals surface area contributed by atoms with Crippen LogP contribution in [-0.4, -0.2) is 37.6 Å². The SMILES string of the molecule is CCCn1c(C)cc(C(=O)COC(=O)c2ccccc2S(C)(=O)=O)c1C. The Morgan fingerprint density at radius 1 is 1.12 bits per heavy atom. The molecular formula is C19H23NO5S. The summed E-state index contributed by atoms with van der Waals surface area (Å²) < 4.78 is 30.7. The maximum atomic E-state index is 12.4. The molecule has 0 aliphatic heterocycles. The van der Waals surface area contributed by atoms with Crippen molar-refractivity contribution in [2.45, 2.75) is 38.6 Å². The van der Waals surface area contributed by atoms with Crippen LogP contribution in [0.2, 0.25) is 0 Å². The fraction of sp³-hybridized carbons (Fsp3) is 0.368. The molecule has 0 bridgehead atoms. The zero-order valence-corrected chi connectivity index (χ0v) is 16.2. The van der Waals surface area contributed by atoms with Crippen molar-refractivity contribution in [1.29, 1.82) is 0 Å². The number of hydrogen-bond acceptors (Lipinski definition) is 5. The van der Waals surface area contributed by atoms with E-state index >= 15 is 0 Å². The van der Waals surface area contributed by atoms with Crippen LogP contribution < -0.4 is 0 Å². The third kappa shape index (κ3) is 4.22. The summed E-state index contributed by atoms with van der Waals surface area (Å²) in [7, 11) is -3.57. The number of nitrogens with zero attached hydrogens (tertiary/aromatic N) is 1. The molecule has 0 spiro atoms. The van der Waals surface area contributed by atoms with Gasteiger partial charge in [0, 0.05) is 29.8 Å². The average Bonchev–Trinajstić information content (AvgIpc) is 2.87. The molecule has 0 N–H and O–H groups in total. The van der Waals surface area contributed by atoms with Crippen molar-refractivity contribution in [3.63, 3.8) is 0 Å². The highest BCUT2D eigenvalue weighted by atomic mass is 32.2. The Kier molecular flexibility index (Phi) is 6.02. The summed E-state index contributed by atoms with van der Waals surface area (Å²) in [5.74, 6) is -1.15. The second-order valence-electron chi connectivity index (χ2n) is 6.20. The number of benzene rings is 1. The van der Waals surface area contributed by atoms with E-state index in [9.17, 15) is 18.0 Å². The predicted octanol–water partition coefficient (Wildman–Crippen LogP) is 2.96. The van der Waals surface area contributed by atoms with Gasteiger partial charge in [-0.1, -0.05) is 19.1 Å². The van der Waals surface area contributed by atoms with Crippen molar-refractivity contribution in [2.75, 3.05) is 12.9 Å². The number of hydrogen-bond donors (Lipinski definition) is 0. The van der Waals surface area contributed by atoms with Gasteiger partial charge in [-0.3, -0.25) is 4.79 Å². The van der Waals surface area contributed by atoms with Gasteiger partial charge in [-0.05, 0) is 38.5 Å². The first-order valence-corrected chi connectivity index (χ1v) is 10.2. The van der Waals surface area contributed by atoms with Gasteiger partial charge in [-0.2, -0.15) is 0 Å². The first-order valence-electron chi connectivity index (χ1n) is 8.33. The largest absolute Gasteiger partial charge is 0.454 e. The third-order valence-corrected chi connectivity index (χ3v) is 5.32. The van der Waals surface area contributed by atoms with Crippen LogP contribution in [-0.2, 0) is 21.1 Å². The monoisotopic (exact) mass is 377 g/mol. The van der Waals surface area contributed by atoms with Crippen molar-refractivity contribution in [1.82, 2.24) is 4.57 Å². The first kappa shape index (κ1) is 19.9. The fourth-order valence-electron chi connectivity index (χ4n) is 2.90. The van der Waals surface area contributed by atoms with Crippen molar-refractivity contribution in [3.05, 3.63) is 52.8 Å². The van der Waals surface area contributed by atoms with Crippen molar-refractivity contribution in [3.8, 4) is 0 Å². The maximum absolute atomic E-state index is 12.4. The molecule has 1 aromatic heterocycles. The molecule has 0 radical (unpaired) electrons. The Morgan fingerprint density at radius 2 is 1.77 bits per heavy atom. The summed E-state index contributed by atoms with van der Waals surface area (Å²) in [6, 6.07) is 7.57. The molecule has 1 heterocycles. The number of carbonyl (C=O) groups excluding carboxylic acids is 2. The van der Waals surface area contributed by atoms with Crippen LogP contribution in [0.1, 0.15) is 45.4 Å². The number of aromatic nitrogens is 1. The molecule has 7 heteroatoms. The van der Waals surface area contributed by atoms with Crippen molar-refractivity contribution in [2.24, 2.45) is 0 Å². The van der Waals surface area contributed by atoms with Gasteiger partial charge in [0.25, 0.3) is 0 Å². The predicted molar refractivity (Wildman–Crippen MR) is 98.4 cm³/mol. The minimum Gasteiger partial charge on any atom is -0.454 e. The van der Waals surface area contributed by atoms with Gasteiger partial charge in [0.1, 0.15) is 0 Å². The van der Waals surface area contributed by atoms with Gasteiger partial charge in [0.05, 0.1) is 10.5 Å². The maximum Gasteiger partial charge on any atom is 0.339 e. The van der Waals surface area contributed by atoms with Crippen LogP contribution in [0.15, 0.2) is 35.2 Å². The van der Waals surface area contributed by atoms with Crippen LogP contribution in [0, 0.1) is 13.8 Å². The molecule has 0 unspecified atom stereocenters. The zero-order chi connectivity index (χ0) is 19.5. The van der Waals surface area contributed by atoms with Crippen LogP contribution in [0.25, 0.3) is 0 Å².